The molecule has 0 saturated carbocycles. The molecule has 0 aromatic carbocycles. The van der Waals surface area contributed by atoms with E-state index in [1.54, 1.807) is 13.8 Å². The molecule has 0 aliphatic heterocycles. The monoisotopic (exact) mass is 230 g/mol. The van der Waals surface area contributed by atoms with Crippen LogP contribution in [0.4, 0.5) is 8.78 Å². The third-order valence-electron chi connectivity index (χ3n) is 1.47. The largest absolute Gasteiger partial charge is 0.691 e. The van der Waals surface area contributed by atoms with Crippen molar-refractivity contribution in [2.24, 2.45) is 0 Å². The topological polar surface area (TPSA) is 61.8 Å². The second-order valence-electron chi connectivity index (χ2n) is 2.21. The number of rotatable bonds is 6. The first kappa shape index (κ1) is 13.6. The number of carbonyl (C=O) groups is 1. The van der Waals surface area contributed by atoms with Crippen molar-refractivity contribution in [1.82, 2.24) is 4.90 Å². The van der Waals surface area contributed by atoms with Gasteiger partial charge in [0.25, 0.3) is 0 Å². The van der Waals surface area contributed by atoms with Crippen LogP contribution in [0.2, 0.25) is 0 Å². The second kappa shape index (κ2) is 6.12. The van der Waals surface area contributed by atoms with E-state index in [-0.39, 0.29) is 13.1 Å². The normalized spacial score (nSPS) is 11.5. The summed E-state index contributed by atoms with van der Waals surface area (Å²) in [6, 6.07) is 0. The van der Waals surface area contributed by atoms with Gasteiger partial charge in [-0.3, -0.25) is 9.83 Å². The van der Waals surface area contributed by atoms with Crippen LogP contribution in [-0.2, 0) is 14.2 Å². The lowest BCUT2D eigenvalue weighted by atomic mass is 10.4. The van der Waals surface area contributed by atoms with Crippen molar-refractivity contribution < 1.29 is 28.2 Å². The summed E-state index contributed by atoms with van der Waals surface area (Å²) in [6.45, 7) is 3.44. The molecule has 0 aromatic heterocycles. The van der Waals surface area contributed by atoms with Gasteiger partial charge in [-0.05, 0) is 13.8 Å². The fourth-order valence-electron chi connectivity index (χ4n) is 0.787. The van der Waals surface area contributed by atoms with Crippen LogP contribution in [0.5, 0.6) is 0 Å². The minimum absolute atomic E-state index is 0.156. The van der Waals surface area contributed by atoms with Gasteiger partial charge in [-0.15, -0.1) is 0 Å². The Hall–Kier alpha value is -0.440. The summed E-state index contributed by atoms with van der Waals surface area (Å²) in [4.78, 5) is 12.0. The average Bonchev–Trinajstić information content (AvgIpc) is 2.16. The SMILES string of the molecule is CCN(CC)C(=O)C(F)(F)SOO[O-]. The molecule has 0 unspecified atom stereocenters. The van der Waals surface area contributed by atoms with E-state index in [9.17, 15) is 18.8 Å². The maximum atomic E-state index is 12.9. The number of alkyl halides is 2. The van der Waals surface area contributed by atoms with Crippen LogP contribution in [0.15, 0.2) is 0 Å². The molecule has 14 heavy (non-hydrogen) atoms. The van der Waals surface area contributed by atoms with E-state index in [0.29, 0.717) is 0 Å². The van der Waals surface area contributed by atoms with Crippen LogP contribution in [0, 0.1) is 0 Å². The fourth-order valence-corrected chi connectivity index (χ4v) is 1.10. The van der Waals surface area contributed by atoms with Crippen molar-refractivity contribution >= 4 is 17.9 Å². The third kappa shape index (κ3) is 3.74. The number of hydrogen-bond acceptors (Lipinski definition) is 5. The first-order valence-electron chi connectivity index (χ1n) is 3.81. The zero-order valence-corrected chi connectivity index (χ0v) is 8.48. The Labute approximate surface area is 84.0 Å². The minimum Gasteiger partial charge on any atom is -0.691 e. The summed E-state index contributed by atoms with van der Waals surface area (Å²) in [6.07, 6.45) is 0. The highest BCUT2D eigenvalue weighted by Gasteiger charge is 2.44. The summed E-state index contributed by atoms with van der Waals surface area (Å²) in [5, 5.41) is 8.23. The van der Waals surface area contributed by atoms with Gasteiger partial charge in [-0.1, -0.05) is 0 Å². The summed E-state index contributed by atoms with van der Waals surface area (Å²) >= 11 is -0.613. The van der Waals surface area contributed by atoms with Crippen molar-refractivity contribution in [3.05, 3.63) is 0 Å². The molecule has 0 aromatic rings. The Morgan fingerprint density at radius 3 is 2.36 bits per heavy atom. The van der Waals surface area contributed by atoms with Gasteiger partial charge < -0.3 is 10.2 Å². The zero-order valence-electron chi connectivity index (χ0n) is 7.66. The van der Waals surface area contributed by atoms with Gasteiger partial charge in [0.2, 0.25) is 0 Å². The van der Waals surface area contributed by atoms with E-state index >= 15 is 0 Å². The summed E-state index contributed by atoms with van der Waals surface area (Å²) in [7, 11) is 0. The van der Waals surface area contributed by atoms with Gasteiger partial charge in [0.15, 0.2) is 0 Å². The molecule has 5 nitrogen and oxygen atoms in total. The Kier molecular flexibility index (Phi) is 5.93. The van der Waals surface area contributed by atoms with Gasteiger partial charge in [0, 0.05) is 13.1 Å². The van der Waals surface area contributed by atoms with Crippen molar-refractivity contribution in [3.63, 3.8) is 0 Å². The lowest BCUT2D eigenvalue weighted by molar-refractivity contribution is -0.777. The molecule has 0 aliphatic carbocycles. The van der Waals surface area contributed by atoms with Gasteiger partial charge >= 0.3 is 11.2 Å². The highest BCUT2D eigenvalue weighted by Crippen LogP contribution is 2.31. The fraction of sp³-hybridized carbons (Fsp3) is 0.833. The van der Waals surface area contributed by atoms with E-state index in [4.69, 9.17) is 0 Å². The summed E-state index contributed by atoms with van der Waals surface area (Å²) in [5.74, 6) is -1.41. The smallest absolute Gasteiger partial charge is 0.397 e. The van der Waals surface area contributed by atoms with E-state index in [1.807, 2.05) is 0 Å². The first-order chi connectivity index (χ1) is 6.49. The standard InChI is InChI=1S/C6H11F2NO4S/c1-3-9(4-2)5(10)6(7,8)14-13-12-11/h11H,3-4H2,1-2H3/p-1. The molecular formula is C6H10F2NO4S-. The number of nitrogens with zero attached hydrogens (tertiary/aromatic N) is 1. The van der Waals surface area contributed by atoms with Crippen LogP contribution in [0.3, 0.4) is 0 Å². The number of halogens is 2. The van der Waals surface area contributed by atoms with Crippen LogP contribution >= 0.6 is 12.0 Å². The predicted molar refractivity (Wildman–Crippen MR) is 42.6 cm³/mol. The van der Waals surface area contributed by atoms with E-state index in [1.165, 1.54) is 0 Å². The van der Waals surface area contributed by atoms with Crippen molar-refractivity contribution in [2.45, 2.75) is 19.1 Å². The van der Waals surface area contributed by atoms with Crippen LogP contribution in [0.25, 0.3) is 0 Å². The number of amides is 1. The van der Waals surface area contributed by atoms with Crippen LogP contribution in [-0.4, -0.2) is 29.2 Å². The molecule has 0 bridgehead atoms. The lowest BCUT2D eigenvalue weighted by Gasteiger charge is -2.23. The zero-order chi connectivity index (χ0) is 11.2. The molecule has 0 rings (SSSR count). The van der Waals surface area contributed by atoms with Gasteiger partial charge in [0.05, 0.1) is 0 Å². The van der Waals surface area contributed by atoms with Gasteiger partial charge in [-0.2, -0.15) is 13.1 Å². The van der Waals surface area contributed by atoms with Gasteiger partial charge in [0.1, 0.15) is 12.0 Å². The molecule has 0 atom stereocenters. The quantitative estimate of drug-likeness (QED) is 0.373. The molecule has 0 N–H and O–H groups in total. The van der Waals surface area contributed by atoms with Crippen molar-refractivity contribution in [1.29, 1.82) is 0 Å². The molecule has 0 heterocycles. The molecule has 0 saturated heterocycles. The molecular weight excluding hydrogens is 220 g/mol. The molecule has 1 amide bonds. The van der Waals surface area contributed by atoms with E-state index < -0.39 is 23.2 Å². The summed E-state index contributed by atoms with van der Waals surface area (Å²) in [5.41, 5.74) is 0. The minimum atomic E-state index is -3.81. The molecule has 8 heteroatoms. The Bertz CT molecular complexity index is 189. The highest BCUT2D eigenvalue weighted by molar-refractivity contribution is 7.96. The predicted octanol–water partition coefficient (Wildman–Crippen LogP) is 0.319. The molecule has 0 aliphatic rings. The van der Waals surface area contributed by atoms with Crippen molar-refractivity contribution in [2.75, 3.05) is 13.1 Å². The highest BCUT2D eigenvalue weighted by atomic mass is 32.2. The van der Waals surface area contributed by atoms with E-state index in [2.05, 4.69) is 9.37 Å². The van der Waals surface area contributed by atoms with Crippen molar-refractivity contribution in [3.8, 4) is 0 Å². The first-order valence-corrected chi connectivity index (χ1v) is 4.55. The second-order valence-corrected chi connectivity index (χ2v) is 3.03. The Morgan fingerprint density at radius 2 is 2.00 bits per heavy atom. The lowest BCUT2D eigenvalue weighted by Crippen LogP contribution is -2.41. The van der Waals surface area contributed by atoms with Gasteiger partial charge in [-0.25, -0.2) is 0 Å². The Balaban J connectivity index is 4.31. The Morgan fingerprint density at radius 1 is 1.50 bits per heavy atom. The summed E-state index contributed by atoms with van der Waals surface area (Å²) < 4.78 is 29.1. The third-order valence-corrected chi connectivity index (χ3v) is 1.97. The van der Waals surface area contributed by atoms with Crippen LogP contribution < -0.4 is 5.26 Å². The molecule has 0 radical (unpaired) electrons. The maximum absolute atomic E-state index is 12.9. The average molecular weight is 230 g/mol. The van der Waals surface area contributed by atoms with Crippen LogP contribution in [0.1, 0.15) is 13.8 Å². The number of carbonyl (C=O) groups excluding carboxylic acids is 1. The molecule has 0 fully saturated rings. The molecule has 84 valence electrons. The molecule has 0 spiro atoms. The van der Waals surface area contributed by atoms with E-state index in [0.717, 1.165) is 4.90 Å². The maximum Gasteiger partial charge on any atom is 0.397 e. The number of hydrogen-bond donors (Lipinski definition) is 0.